The normalized spacial score (nSPS) is 16.0. The Morgan fingerprint density at radius 1 is 1.33 bits per heavy atom. The van der Waals surface area contributed by atoms with Gasteiger partial charge in [0, 0.05) is 13.1 Å². The number of hydrogen-bond donors (Lipinski definition) is 1. The average Bonchev–Trinajstić information content (AvgIpc) is 2.51. The Balaban J connectivity index is 1.76. The minimum absolute atomic E-state index is 0.191. The van der Waals surface area contributed by atoms with E-state index >= 15 is 0 Å². The lowest BCUT2D eigenvalue weighted by atomic mass is 9.97. The second-order valence-corrected chi connectivity index (χ2v) is 5.86. The van der Waals surface area contributed by atoms with Gasteiger partial charge >= 0.3 is 0 Å². The van der Waals surface area contributed by atoms with Gasteiger partial charge < -0.3 is 15.4 Å². The lowest BCUT2D eigenvalue weighted by Crippen LogP contribution is -2.40. The van der Waals surface area contributed by atoms with Crippen LogP contribution in [0, 0.1) is 19.8 Å². The van der Waals surface area contributed by atoms with Gasteiger partial charge in [-0.2, -0.15) is 0 Å². The van der Waals surface area contributed by atoms with Crippen molar-refractivity contribution < 1.29 is 9.53 Å². The molecule has 0 unspecified atom stereocenters. The first-order chi connectivity index (χ1) is 10.1. The fourth-order valence-corrected chi connectivity index (χ4v) is 2.71. The van der Waals surface area contributed by atoms with Crippen LogP contribution in [0.5, 0.6) is 5.75 Å². The Morgan fingerprint density at radius 2 is 2.05 bits per heavy atom. The van der Waals surface area contributed by atoms with Crippen molar-refractivity contribution in [1.82, 2.24) is 4.90 Å². The number of nitrogens with zero attached hydrogens (tertiary/aromatic N) is 1. The van der Waals surface area contributed by atoms with Gasteiger partial charge in [0.15, 0.2) is 0 Å². The molecule has 1 aliphatic heterocycles. The lowest BCUT2D eigenvalue weighted by Gasteiger charge is -2.31. The van der Waals surface area contributed by atoms with Gasteiger partial charge in [0.1, 0.15) is 5.75 Å². The molecule has 1 heterocycles. The summed E-state index contributed by atoms with van der Waals surface area (Å²) in [6, 6.07) is 6.01. The van der Waals surface area contributed by atoms with E-state index in [0.717, 1.165) is 43.8 Å². The summed E-state index contributed by atoms with van der Waals surface area (Å²) in [5, 5.41) is 0. The minimum Gasteiger partial charge on any atom is -0.493 e. The van der Waals surface area contributed by atoms with E-state index in [4.69, 9.17) is 10.5 Å². The maximum atomic E-state index is 12.1. The van der Waals surface area contributed by atoms with Crippen molar-refractivity contribution in [3.8, 4) is 5.75 Å². The smallest absolute Gasteiger partial charge is 0.225 e. The molecular weight excluding hydrogens is 264 g/mol. The number of amides is 1. The molecule has 1 aliphatic rings. The minimum atomic E-state index is 0.191. The summed E-state index contributed by atoms with van der Waals surface area (Å²) in [6.07, 6.45) is 2.50. The second kappa shape index (κ2) is 7.46. The number of rotatable bonds is 5. The molecule has 1 amide bonds. The molecule has 116 valence electrons. The van der Waals surface area contributed by atoms with Crippen molar-refractivity contribution in [2.75, 3.05) is 26.2 Å². The van der Waals surface area contributed by atoms with E-state index in [1.807, 2.05) is 24.0 Å². The van der Waals surface area contributed by atoms with Crippen LogP contribution in [0.15, 0.2) is 18.2 Å². The van der Waals surface area contributed by atoms with Crippen LogP contribution in [0.3, 0.4) is 0 Å². The zero-order valence-corrected chi connectivity index (χ0v) is 13.1. The van der Waals surface area contributed by atoms with Crippen LogP contribution >= 0.6 is 0 Å². The molecule has 2 N–H and O–H groups in total. The van der Waals surface area contributed by atoms with E-state index in [2.05, 4.69) is 13.0 Å². The first-order valence-corrected chi connectivity index (χ1v) is 7.78. The number of carbonyl (C=O) groups excluding carboxylic acids is 1. The van der Waals surface area contributed by atoms with E-state index in [-0.39, 0.29) is 5.91 Å². The Morgan fingerprint density at radius 3 is 2.71 bits per heavy atom. The molecule has 0 aromatic heterocycles. The highest BCUT2D eigenvalue weighted by molar-refractivity contribution is 5.76. The monoisotopic (exact) mass is 290 g/mol. The van der Waals surface area contributed by atoms with Crippen LogP contribution in [0.4, 0.5) is 0 Å². The molecule has 1 saturated heterocycles. The topological polar surface area (TPSA) is 55.6 Å². The predicted octanol–water partition coefficient (Wildman–Crippen LogP) is 2.27. The molecule has 0 atom stereocenters. The fourth-order valence-electron chi connectivity index (χ4n) is 2.71. The molecular formula is C17H26N2O2. The van der Waals surface area contributed by atoms with E-state index < -0.39 is 0 Å². The van der Waals surface area contributed by atoms with Crippen LogP contribution in [-0.4, -0.2) is 37.0 Å². The van der Waals surface area contributed by atoms with Gasteiger partial charge in [-0.1, -0.05) is 12.1 Å². The van der Waals surface area contributed by atoms with Crippen LogP contribution in [-0.2, 0) is 4.79 Å². The third-order valence-electron chi connectivity index (χ3n) is 4.43. The Kier molecular flexibility index (Phi) is 5.62. The maximum Gasteiger partial charge on any atom is 0.225 e. The van der Waals surface area contributed by atoms with E-state index in [1.165, 1.54) is 5.56 Å². The van der Waals surface area contributed by atoms with Crippen molar-refractivity contribution in [3.05, 3.63) is 29.3 Å². The number of likely N-dealkylation sites (tertiary alicyclic amines) is 1. The van der Waals surface area contributed by atoms with Crippen LogP contribution in [0.25, 0.3) is 0 Å². The van der Waals surface area contributed by atoms with Crippen LogP contribution < -0.4 is 10.5 Å². The molecule has 1 aromatic carbocycles. The summed E-state index contributed by atoms with van der Waals surface area (Å²) in [7, 11) is 0. The Bertz CT molecular complexity index is 480. The van der Waals surface area contributed by atoms with Crippen LogP contribution in [0.1, 0.15) is 30.4 Å². The molecule has 4 nitrogen and oxygen atoms in total. The van der Waals surface area contributed by atoms with Crippen molar-refractivity contribution in [2.45, 2.75) is 33.1 Å². The largest absolute Gasteiger partial charge is 0.493 e. The van der Waals surface area contributed by atoms with Gasteiger partial charge in [0.2, 0.25) is 5.91 Å². The van der Waals surface area contributed by atoms with Gasteiger partial charge in [-0.3, -0.25) is 4.79 Å². The van der Waals surface area contributed by atoms with E-state index in [9.17, 15) is 4.79 Å². The number of nitrogens with two attached hydrogens (primary N) is 1. The van der Waals surface area contributed by atoms with Crippen molar-refractivity contribution in [2.24, 2.45) is 11.7 Å². The summed E-state index contributed by atoms with van der Waals surface area (Å²) < 4.78 is 5.75. The van der Waals surface area contributed by atoms with Crippen molar-refractivity contribution in [3.63, 3.8) is 0 Å². The third kappa shape index (κ3) is 4.21. The molecule has 0 aliphatic carbocycles. The molecule has 0 radical (unpaired) electrons. The lowest BCUT2D eigenvalue weighted by molar-refractivity contribution is -0.133. The summed E-state index contributed by atoms with van der Waals surface area (Å²) in [6.45, 7) is 6.96. The Labute approximate surface area is 127 Å². The van der Waals surface area contributed by atoms with Crippen LogP contribution in [0.2, 0.25) is 0 Å². The third-order valence-corrected chi connectivity index (χ3v) is 4.43. The number of benzene rings is 1. The first-order valence-electron chi connectivity index (χ1n) is 7.78. The first kappa shape index (κ1) is 15.8. The quantitative estimate of drug-likeness (QED) is 0.905. The Hall–Kier alpha value is -1.55. The van der Waals surface area contributed by atoms with Gasteiger partial charge in [0.25, 0.3) is 0 Å². The molecule has 1 fully saturated rings. The summed E-state index contributed by atoms with van der Waals surface area (Å²) in [5.74, 6) is 1.65. The number of carbonyl (C=O) groups is 1. The molecule has 2 rings (SSSR count). The SMILES string of the molecule is Cc1cccc(OCCC(=O)N2CCC(CN)CC2)c1C. The van der Waals surface area contributed by atoms with Gasteiger partial charge in [0.05, 0.1) is 13.0 Å². The average molecular weight is 290 g/mol. The molecule has 4 heteroatoms. The van der Waals surface area contributed by atoms with E-state index in [0.29, 0.717) is 18.9 Å². The van der Waals surface area contributed by atoms with Crippen molar-refractivity contribution >= 4 is 5.91 Å². The highest BCUT2D eigenvalue weighted by Gasteiger charge is 2.21. The molecule has 0 bridgehead atoms. The summed E-state index contributed by atoms with van der Waals surface area (Å²) in [5.41, 5.74) is 8.03. The number of piperidine rings is 1. The van der Waals surface area contributed by atoms with Crippen molar-refractivity contribution in [1.29, 1.82) is 0 Å². The van der Waals surface area contributed by atoms with Gasteiger partial charge in [-0.05, 0) is 56.3 Å². The summed E-state index contributed by atoms with van der Waals surface area (Å²) in [4.78, 5) is 14.1. The maximum absolute atomic E-state index is 12.1. The highest BCUT2D eigenvalue weighted by Crippen LogP contribution is 2.21. The van der Waals surface area contributed by atoms with E-state index in [1.54, 1.807) is 0 Å². The predicted molar refractivity (Wildman–Crippen MR) is 84.4 cm³/mol. The molecule has 0 spiro atoms. The summed E-state index contributed by atoms with van der Waals surface area (Å²) >= 11 is 0. The number of aryl methyl sites for hydroxylation is 1. The molecule has 0 saturated carbocycles. The number of ether oxygens (including phenoxy) is 1. The molecule has 1 aromatic rings. The highest BCUT2D eigenvalue weighted by atomic mass is 16.5. The number of hydrogen-bond acceptors (Lipinski definition) is 3. The zero-order valence-electron chi connectivity index (χ0n) is 13.1. The van der Waals surface area contributed by atoms with Gasteiger partial charge in [-0.15, -0.1) is 0 Å². The fraction of sp³-hybridized carbons (Fsp3) is 0.588. The zero-order chi connectivity index (χ0) is 15.2. The molecule has 21 heavy (non-hydrogen) atoms. The standard InChI is InChI=1S/C17H26N2O2/c1-13-4-3-5-16(14(13)2)21-11-8-17(20)19-9-6-15(12-18)7-10-19/h3-5,15H,6-12,18H2,1-2H3. The second-order valence-electron chi connectivity index (χ2n) is 5.86. The van der Waals surface area contributed by atoms with Gasteiger partial charge in [-0.25, -0.2) is 0 Å².